The SMILES string of the molecule is Cc1onc(-c2c(F)cccc2Cl)c1C(=O)NCCCOCc1ccccc1. The first-order valence-corrected chi connectivity index (χ1v) is 9.26. The molecule has 1 heterocycles. The maximum Gasteiger partial charge on any atom is 0.257 e. The number of rotatable bonds is 8. The Morgan fingerprint density at radius 1 is 1.21 bits per heavy atom. The lowest BCUT2D eigenvalue weighted by atomic mass is 10.0. The molecule has 1 amide bonds. The van der Waals surface area contributed by atoms with E-state index < -0.39 is 11.7 Å². The van der Waals surface area contributed by atoms with Crippen LogP contribution in [-0.2, 0) is 11.3 Å². The van der Waals surface area contributed by atoms with Crippen LogP contribution >= 0.6 is 11.6 Å². The van der Waals surface area contributed by atoms with Crippen LogP contribution in [0.2, 0.25) is 5.02 Å². The Bertz CT molecular complexity index is 924. The quantitative estimate of drug-likeness (QED) is 0.551. The molecule has 0 unspecified atom stereocenters. The van der Waals surface area contributed by atoms with Gasteiger partial charge in [-0.3, -0.25) is 4.79 Å². The fraction of sp³-hybridized carbons (Fsp3) is 0.238. The van der Waals surface area contributed by atoms with Gasteiger partial charge in [0.2, 0.25) is 0 Å². The maximum absolute atomic E-state index is 14.2. The highest BCUT2D eigenvalue weighted by molar-refractivity contribution is 6.33. The Kier molecular flexibility index (Phi) is 6.79. The molecule has 28 heavy (non-hydrogen) atoms. The van der Waals surface area contributed by atoms with E-state index in [9.17, 15) is 9.18 Å². The van der Waals surface area contributed by atoms with Crippen molar-refractivity contribution < 1.29 is 18.4 Å². The third-order valence-electron chi connectivity index (χ3n) is 4.15. The van der Waals surface area contributed by atoms with Gasteiger partial charge in [0.1, 0.15) is 22.8 Å². The van der Waals surface area contributed by atoms with Crippen LogP contribution < -0.4 is 5.32 Å². The molecule has 7 heteroatoms. The molecule has 0 aliphatic rings. The van der Waals surface area contributed by atoms with E-state index in [1.165, 1.54) is 18.2 Å². The summed E-state index contributed by atoms with van der Waals surface area (Å²) in [7, 11) is 0. The minimum atomic E-state index is -0.566. The zero-order valence-corrected chi connectivity index (χ0v) is 16.1. The fourth-order valence-electron chi connectivity index (χ4n) is 2.76. The van der Waals surface area contributed by atoms with E-state index in [1.54, 1.807) is 6.92 Å². The van der Waals surface area contributed by atoms with Crippen LogP contribution in [0.25, 0.3) is 11.3 Å². The number of hydrogen-bond donors (Lipinski definition) is 1. The molecule has 1 aromatic heterocycles. The second-order valence-electron chi connectivity index (χ2n) is 6.21. The molecule has 0 saturated heterocycles. The van der Waals surface area contributed by atoms with Crippen LogP contribution in [0, 0.1) is 12.7 Å². The first-order chi connectivity index (χ1) is 13.6. The highest BCUT2D eigenvalue weighted by Crippen LogP contribution is 2.33. The van der Waals surface area contributed by atoms with Gasteiger partial charge in [-0.1, -0.05) is 53.2 Å². The first-order valence-electron chi connectivity index (χ1n) is 8.88. The van der Waals surface area contributed by atoms with Crippen molar-refractivity contribution >= 4 is 17.5 Å². The lowest BCUT2D eigenvalue weighted by Gasteiger charge is -2.08. The second kappa shape index (κ2) is 9.48. The van der Waals surface area contributed by atoms with Gasteiger partial charge in [0.25, 0.3) is 5.91 Å². The molecule has 0 bridgehead atoms. The number of carbonyl (C=O) groups is 1. The van der Waals surface area contributed by atoms with Crippen LogP contribution in [0.1, 0.15) is 28.1 Å². The van der Waals surface area contributed by atoms with Gasteiger partial charge >= 0.3 is 0 Å². The lowest BCUT2D eigenvalue weighted by Crippen LogP contribution is -2.26. The van der Waals surface area contributed by atoms with Crippen LogP contribution in [-0.4, -0.2) is 24.2 Å². The van der Waals surface area contributed by atoms with Gasteiger partial charge in [0.15, 0.2) is 0 Å². The van der Waals surface area contributed by atoms with Crippen LogP contribution in [0.5, 0.6) is 0 Å². The predicted octanol–water partition coefficient (Wildman–Crippen LogP) is 4.78. The number of nitrogens with one attached hydrogen (secondary N) is 1. The Labute approximate surface area is 167 Å². The molecule has 0 atom stereocenters. The number of halogens is 2. The smallest absolute Gasteiger partial charge is 0.257 e. The summed E-state index contributed by atoms with van der Waals surface area (Å²) < 4.78 is 24.9. The monoisotopic (exact) mass is 402 g/mol. The molecule has 3 aromatic rings. The molecule has 1 N–H and O–H groups in total. The van der Waals surface area contributed by atoms with E-state index in [1.807, 2.05) is 30.3 Å². The van der Waals surface area contributed by atoms with Crippen molar-refractivity contribution in [3.8, 4) is 11.3 Å². The number of ether oxygens (including phenoxy) is 1. The summed E-state index contributed by atoms with van der Waals surface area (Å²) in [5.41, 5.74) is 1.42. The summed E-state index contributed by atoms with van der Waals surface area (Å²) in [5, 5.41) is 6.79. The number of benzene rings is 2. The molecule has 0 aliphatic heterocycles. The Morgan fingerprint density at radius 3 is 2.75 bits per heavy atom. The van der Waals surface area contributed by atoms with Crippen molar-refractivity contribution in [2.24, 2.45) is 0 Å². The molecule has 0 saturated carbocycles. The van der Waals surface area contributed by atoms with Gasteiger partial charge in [0, 0.05) is 13.2 Å². The van der Waals surface area contributed by atoms with Crippen molar-refractivity contribution in [1.29, 1.82) is 0 Å². The lowest BCUT2D eigenvalue weighted by molar-refractivity contribution is 0.0933. The standard InChI is InChI=1S/C21H20ClFN2O3/c1-14-18(20(25-28-14)19-16(22)9-5-10-17(19)23)21(26)24-11-6-12-27-13-15-7-3-2-4-8-15/h2-5,7-10H,6,11-13H2,1H3,(H,24,26). The normalized spacial score (nSPS) is 10.8. The average molecular weight is 403 g/mol. The van der Waals surface area contributed by atoms with E-state index in [2.05, 4.69) is 10.5 Å². The van der Waals surface area contributed by atoms with E-state index in [0.29, 0.717) is 31.9 Å². The molecule has 2 aromatic carbocycles. The van der Waals surface area contributed by atoms with E-state index in [-0.39, 0.29) is 21.8 Å². The molecule has 0 radical (unpaired) electrons. The summed E-state index contributed by atoms with van der Waals surface area (Å²) >= 11 is 6.09. The second-order valence-corrected chi connectivity index (χ2v) is 6.61. The van der Waals surface area contributed by atoms with Crippen molar-refractivity contribution in [2.75, 3.05) is 13.2 Å². The van der Waals surface area contributed by atoms with E-state index in [0.717, 1.165) is 5.56 Å². The predicted molar refractivity (Wildman–Crippen MR) is 105 cm³/mol. The Morgan fingerprint density at radius 2 is 2.00 bits per heavy atom. The summed E-state index contributed by atoms with van der Waals surface area (Å²) in [5.74, 6) is -0.660. The average Bonchev–Trinajstić information content (AvgIpc) is 3.06. The van der Waals surface area contributed by atoms with Crippen molar-refractivity contribution in [3.05, 3.63) is 76.3 Å². The van der Waals surface area contributed by atoms with E-state index in [4.69, 9.17) is 20.9 Å². The molecule has 0 spiro atoms. The summed E-state index contributed by atoms with van der Waals surface area (Å²) in [6, 6.07) is 14.1. The Hall–Kier alpha value is -2.70. The van der Waals surface area contributed by atoms with Crippen LogP contribution in [0.3, 0.4) is 0 Å². The molecular weight excluding hydrogens is 383 g/mol. The van der Waals surface area contributed by atoms with Gasteiger partial charge in [-0.25, -0.2) is 4.39 Å². The third kappa shape index (κ3) is 4.77. The Balaban J connectivity index is 1.56. The van der Waals surface area contributed by atoms with E-state index >= 15 is 0 Å². The molecule has 3 rings (SSSR count). The van der Waals surface area contributed by atoms with Crippen LogP contribution in [0.15, 0.2) is 53.1 Å². The maximum atomic E-state index is 14.2. The summed E-state index contributed by atoms with van der Waals surface area (Å²) in [6.45, 7) is 3.03. The molecular formula is C21H20ClFN2O3. The zero-order chi connectivity index (χ0) is 19.9. The highest BCUT2D eigenvalue weighted by Gasteiger charge is 2.25. The minimum absolute atomic E-state index is 0.0531. The summed E-state index contributed by atoms with van der Waals surface area (Å²) in [6.07, 6.45) is 0.638. The highest BCUT2D eigenvalue weighted by atomic mass is 35.5. The van der Waals surface area contributed by atoms with Crippen molar-refractivity contribution in [1.82, 2.24) is 10.5 Å². The van der Waals surface area contributed by atoms with Crippen molar-refractivity contribution in [2.45, 2.75) is 20.0 Å². The van der Waals surface area contributed by atoms with Gasteiger partial charge < -0.3 is 14.6 Å². The fourth-order valence-corrected chi connectivity index (χ4v) is 3.02. The number of amides is 1. The van der Waals surface area contributed by atoms with Gasteiger partial charge in [-0.15, -0.1) is 0 Å². The number of carbonyl (C=O) groups excluding carboxylic acids is 1. The number of nitrogens with zero attached hydrogens (tertiary/aromatic N) is 1. The number of hydrogen-bond acceptors (Lipinski definition) is 4. The third-order valence-corrected chi connectivity index (χ3v) is 4.47. The largest absolute Gasteiger partial charge is 0.377 e. The van der Waals surface area contributed by atoms with Crippen LogP contribution in [0.4, 0.5) is 4.39 Å². The zero-order valence-electron chi connectivity index (χ0n) is 15.4. The summed E-state index contributed by atoms with van der Waals surface area (Å²) in [4.78, 5) is 12.6. The molecule has 146 valence electrons. The number of aryl methyl sites for hydroxylation is 1. The first kappa shape index (κ1) is 20.0. The minimum Gasteiger partial charge on any atom is -0.377 e. The van der Waals surface area contributed by atoms with Gasteiger partial charge in [-0.2, -0.15) is 0 Å². The van der Waals surface area contributed by atoms with Crippen molar-refractivity contribution in [3.63, 3.8) is 0 Å². The van der Waals surface area contributed by atoms with Gasteiger partial charge in [0.05, 0.1) is 17.2 Å². The molecule has 5 nitrogen and oxygen atoms in total. The number of aromatic nitrogens is 1. The molecule has 0 fully saturated rings. The van der Waals surface area contributed by atoms with Gasteiger partial charge in [-0.05, 0) is 31.0 Å². The topological polar surface area (TPSA) is 64.4 Å². The molecule has 0 aliphatic carbocycles.